The summed E-state index contributed by atoms with van der Waals surface area (Å²) >= 11 is 3.32. The summed E-state index contributed by atoms with van der Waals surface area (Å²) in [5, 5.41) is 11.3. The number of nitrogens with one attached hydrogen (secondary N) is 1. The third kappa shape index (κ3) is 5.81. The number of hydrogen-bond acceptors (Lipinski definition) is 3. The molecule has 4 nitrogen and oxygen atoms in total. The highest BCUT2D eigenvalue weighted by molar-refractivity contribution is 9.10. The number of carbonyl (C=O) groups is 1. The van der Waals surface area contributed by atoms with Gasteiger partial charge in [-0.3, -0.25) is 4.79 Å². The summed E-state index contributed by atoms with van der Waals surface area (Å²) in [6, 6.07) is 7.24. The minimum atomic E-state index is -0.0894. The molecule has 0 heterocycles. The van der Waals surface area contributed by atoms with Gasteiger partial charge in [-0.15, -0.1) is 0 Å². The molecule has 0 spiro atoms. The fraction of sp³-hybridized carbons (Fsp3) is 0.417. The Balaban J connectivity index is 2.21. The van der Waals surface area contributed by atoms with E-state index >= 15 is 0 Å². The lowest BCUT2D eigenvalue weighted by molar-refractivity contribution is 0.0867. The van der Waals surface area contributed by atoms with Gasteiger partial charge in [0.1, 0.15) is 0 Å². The van der Waals surface area contributed by atoms with Gasteiger partial charge in [0.25, 0.3) is 5.91 Å². The zero-order valence-corrected chi connectivity index (χ0v) is 11.1. The number of aliphatic hydroxyl groups excluding tert-OH is 1. The van der Waals surface area contributed by atoms with Crippen LogP contribution in [0.5, 0.6) is 0 Å². The molecule has 17 heavy (non-hydrogen) atoms. The SMILES string of the molecule is O=C(NCCCOCCO)c1cccc(Br)c1. The number of ether oxygens (including phenoxy) is 1. The first-order valence-corrected chi connectivity index (χ1v) is 6.25. The van der Waals surface area contributed by atoms with Crippen LogP contribution in [0, 0.1) is 0 Å². The fourth-order valence-corrected chi connectivity index (χ4v) is 1.67. The number of carbonyl (C=O) groups excluding carboxylic acids is 1. The summed E-state index contributed by atoms with van der Waals surface area (Å²) in [5.74, 6) is -0.0894. The van der Waals surface area contributed by atoms with Crippen LogP contribution in [0.3, 0.4) is 0 Å². The van der Waals surface area contributed by atoms with Gasteiger partial charge in [0.2, 0.25) is 0 Å². The van der Waals surface area contributed by atoms with E-state index in [2.05, 4.69) is 21.2 Å². The highest BCUT2D eigenvalue weighted by Gasteiger charge is 2.04. The van der Waals surface area contributed by atoms with Crippen LogP contribution in [0.4, 0.5) is 0 Å². The van der Waals surface area contributed by atoms with E-state index in [1.165, 1.54) is 0 Å². The largest absolute Gasteiger partial charge is 0.394 e. The normalized spacial score (nSPS) is 10.2. The van der Waals surface area contributed by atoms with Gasteiger partial charge in [-0.1, -0.05) is 22.0 Å². The van der Waals surface area contributed by atoms with E-state index in [-0.39, 0.29) is 12.5 Å². The summed E-state index contributed by atoms with van der Waals surface area (Å²) in [4.78, 5) is 11.7. The van der Waals surface area contributed by atoms with Crippen molar-refractivity contribution in [1.82, 2.24) is 5.32 Å². The van der Waals surface area contributed by atoms with Crippen LogP contribution in [-0.2, 0) is 4.74 Å². The Bertz CT molecular complexity index is 357. The molecule has 0 aliphatic carbocycles. The maximum absolute atomic E-state index is 11.7. The second-order valence-corrected chi connectivity index (χ2v) is 4.37. The van der Waals surface area contributed by atoms with Crippen LogP contribution in [0.1, 0.15) is 16.8 Å². The van der Waals surface area contributed by atoms with Crippen molar-refractivity contribution in [3.63, 3.8) is 0 Å². The lowest BCUT2D eigenvalue weighted by Crippen LogP contribution is -2.25. The van der Waals surface area contributed by atoms with E-state index in [1.807, 2.05) is 12.1 Å². The van der Waals surface area contributed by atoms with Gasteiger partial charge in [0.05, 0.1) is 13.2 Å². The van der Waals surface area contributed by atoms with Gasteiger partial charge in [-0.25, -0.2) is 0 Å². The maximum Gasteiger partial charge on any atom is 0.251 e. The molecule has 0 saturated carbocycles. The molecule has 0 aliphatic rings. The van der Waals surface area contributed by atoms with Crippen molar-refractivity contribution in [2.24, 2.45) is 0 Å². The Kier molecular flexibility index (Phi) is 6.84. The van der Waals surface area contributed by atoms with Crippen molar-refractivity contribution >= 4 is 21.8 Å². The lowest BCUT2D eigenvalue weighted by Gasteiger charge is -2.05. The first kappa shape index (κ1) is 14.2. The molecule has 0 atom stereocenters. The van der Waals surface area contributed by atoms with E-state index in [9.17, 15) is 4.79 Å². The Hall–Kier alpha value is -0.910. The monoisotopic (exact) mass is 301 g/mol. The van der Waals surface area contributed by atoms with E-state index in [4.69, 9.17) is 9.84 Å². The standard InChI is InChI=1S/C12H16BrNO3/c13-11-4-1-3-10(9-11)12(16)14-5-2-7-17-8-6-15/h1,3-4,9,15H,2,5-8H2,(H,14,16). The first-order valence-electron chi connectivity index (χ1n) is 5.46. The molecule has 0 aromatic heterocycles. The van der Waals surface area contributed by atoms with Crippen molar-refractivity contribution in [2.45, 2.75) is 6.42 Å². The first-order chi connectivity index (χ1) is 8.24. The van der Waals surface area contributed by atoms with Gasteiger partial charge in [0.15, 0.2) is 0 Å². The summed E-state index contributed by atoms with van der Waals surface area (Å²) < 4.78 is 5.97. The minimum Gasteiger partial charge on any atom is -0.394 e. The maximum atomic E-state index is 11.7. The van der Waals surface area contributed by atoms with Gasteiger partial charge in [0, 0.05) is 23.2 Å². The molecule has 2 N–H and O–H groups in total. The summed E-state index contributed by atoms with van der Waals surface area (Å²) in [6.45, 7) is 1.49. The average molecular weight is 302 g/mol. The summed E-state index contributed by atoms with van der Waals surface area (Å²) in [6.07, 6.45) is 0.736. The molecule has 0 radical (unpaired) electrons. The number of hydrogen-bond donors (Lipinski definition) is 2. The molecular formula is C12H16BrNO3. The van der Waals surface area contributed by atoms with E-state index in [0.29, 0.717) is 25.3 Å². The zero-order valence-electron chi connectivity index (χ0n) is 9.49. The molecule has 1 amide bonds. The smallest absolute Gasteiger partial charge is 0.251 e. The molecule has 0 aliphatic heterocycles. The molecule has 0 fully saturated rings. The topological polar surface area (TPSA) is 58.6 Å². The molecule has 0 unspecified atom stereocenters. The minimum absolute atomic E-state index is 0.0321. The van der Waals surface area contributed by atoms with Crippen molar-refractivity contribution < 1.29 is 14.6 Å². The molecule has 1 aromatic carbocycles. The van der Waals surface area contributed by atoms with E-state index < -0.39 is 0 Å². The second-order valence-electron chi connectivity index (χ2n) is 3.46. The summed E-state index contributed by atoms with van der Waals surface area (Å²) in [7, 11) is 0. The van der Waals surface area contributed by atoms with Crippen molar-refractivity contribution in [3.8, 4) is 0 Å². The Morgan fingerprint density at radius 3 is 2.94 bits per heavy atom. The molecule has 0 bridgehead atoms. The molecule has 1 rings (SSSR count). The molecule has 5 heteroatoms. The predicted octanol–water partition coefficient (Wildman–Crippen LogP) is 1.58. The molecule has 1 aromatic rings. The lowest BCUT2D eigenvalue weighted by atomic mass is 10.2. The van der Waals surface area contributed by atoms with Crippen molar-refractivity contribution in [3.05, 3.63) is 34.3 Å². The van der Waals surface area contributed by atoms with Crippen LogP contribution in [0.2, 0.25) is 0 Å². The van der Waals surface area contributed by atoms with Crippen LogP contribution in [-0.4, -0.2) is 37.4 Å². The average Bonchev–Trinajstić information content (AvgIpc) is 2.33. The van der Waals surface area contributed by atoms with Crippen LogP contribution in [0.15, 0.2) is 28.7 Å². The quantitative estimate of drug-likeness (QED) is 0.752. The number of halogens is 1. The highest BCUT2D eigenvalue weighted by Crippen LogP contribution is 2.11. The Labute approximate surface area is 109 Å². The van der Waals surface area contributed by atoms with Crippen molar-refractivity contribution in [1.29, 1.82) is 0 Å². The van der Waals surface area contributed by atoms with E-state index in [1.54, 1.807) is 12.1 Å². The van der Waals surface area contributed by atoms with Gasteiger partial charge in [-0.05, 0) is 24.6 Å². The number of rotatable bonds is 7. The second kappa shape index (κ2) is 8.22. The van der Waals surface area contributed by atoms with Crippen LogP contribution < -0.4 is 5.32 Å². The predicted molar refractivity (Wildman–Crippen MR) is 69.0 cm³/mol. The number of aliphatic hydroxyl groups is 1. The Morgan fingerprint density at radius 1 is 1.41 bits per heavy atom. The van der Waals surface area contributed by atoms with Crippen LogP contribution >= 0.6 is 15.9 Å². The highest BCUT2D eigenvalue weighted by atomic mass is 79.9. The van der Waals surface area contributed by atoms with Gasteiger partial charge >= 0.3 is 0 Å². The number of benzene rings is 1. The summed E-state index contributed by atoms with van der Waals surface area (Å²) in [5.41, 5.74) is 0.635. The fourth-order valence-electron chi connectivity index (χ4n) is 1.27. The van der Waals surface area contributed by atoms with Gasteiger partial charge in [-0.2, -0.15) is 0 Å². The van der Waals surface area contributed by atoms with E-state index in [0.717, 1.165) is 10.9 Å². The van der Waals surface area contributed by atoms with Crippen LogP contribution in [0.25, 0.3) is 0 Å². The molecule has 0 saturated heterocycles. The third-order valence-electron chi connectivity index (χ3n) is 2.07. The van der Waals surface area contributed by atoms with Gasteiger partial charge < -0.3 is 15.2 Å². The molecule has 94 valence electrons. The molecular weight excluding hydrogens is 286 g/mol. The van der Waals surface area contributed by atoms with Crippen molar-refractivity contribution in [2.75, 3.05) is 26.4 Å². The Morgan fingerprint density at radius 2 is 2.24 bits per heavy atom. The zero-order chi connectivity index (χ0) is 12.5. The third-order valence-corrected chi connectivity index (χ3v) is 2.57. The number of amides is 1.